The molecule has 6 nitrogen and oxygen atoms in total. The van der Waals surface area contributed by atoms with Crippen LogP contribution in [-0.2, 0) is 6.42 Å². The van der Waals surface area contributed by atoms with Crippen LogP contribution in [0.25, 0.3) is 0 Å². The summed E-state index contributed by atoms with van der Waals surface area (Å²) in [6, 6.07) is 7.87. The highest BCUT2D eigenvalue weighted by Crippen LogP contribution is 2.27. The van der Waals surface area contributed by atoms with Gasteiger partial charge in [0, 0.05) is 51.4 Å². The van der Waals surface area contributed by atoms with Gasteiger partial charge in [0.15, 0.2) is 5.96 Å². The Hall–Kier alpha value is -2.08. The number of nitrogens with zero attached hydrogens (tertiary/aromatic N) is 3. The second-order valence-electron chi connectivity index (χ2n) is 9.94. The molecule has 2 unspecified atom stereocenters. The monoisotopic (exact) mass is 429 g/mol. The number of rotatable bonds is 8. The maximum atomic E-state index is 12.2. The lowest BCUT2D eigenvalue weighted by Crippen LogP contribution is -2.53. The Bertz CT molecular complexity index is 733. The number of benzene rings is 1. The largest absolute Gasteiger partial charge is 0.357 e. The second kappa shape index (κ2) is 11.5. The molecule has 0 aromatic heterocycles. The average molecular weight is 430 g/mol. The van der Waals surface area contributed by atoms with Gasteiger partial charge in [-0.2, -0.15) is 0 Å². The predicted molar refractivity (Wildman–Crippen MR) is 131 cm³/mol. The Kier molecular flexibility index (Phi) is 9.35. The van der Waals surface area contributed by atoms with E-state index in [2.05, 4.69) is 56.2 Å². The van der Waals surface area contributed by atoms with Crippen molar-refractivity contribution < 1.29 is 4.79 Å². The molecule has 0 saturated carbocycles. The fourth-order valence-electron chi connectivity index (χ4n) is 4.31. The minimum absolute atomic E-state index is 0.0339. The molecule has 2 atom stereocenters. The molecule has 0 radical (unpaired) electrons. The highest BCUT2D eigenvalue weighted by atomic mass is 16.2. The van der Waals surface area contributed by atoms with Crippen LogP contribution in [0.5, 0.6) is 0 Å². The van der Waals surface area contributed by atoms with Gasteiger partial charge in [-0.25, -0.2) is 0 Å². The van der Waals surface area contributed by atoms with Crippen LogP contribution in [0.4, 0.5) is 0 Å². The molecule has 1 fully saturated rings. The number of hydrogen-bond donors (Lipinski definition) is 2. The number of likely N-dealkylation sites (tertiary alicyclic amines) is 1. The van der Waals surface area contributed by atoms with Crippen molar-refractivity contribution >= 4 is 11.9 Å². The third kappa shape index (κ3) is 7.84. The number of piperidine rings is 1. The van der Waals surface area contributed by atoms with Gasteiger partial charge in [0.1, 0.15) is 0 Å². The van der Waals surface area contributed by atoms with Crippen LogP contribution in [0.3, 0.4) is 0 Å². The summed E-state index contributed by atoms with van der Waals surface area (Å²) in [4.78, 5) is 21.3. The van der Waals surface area contributed by atoms with Gasteiger partial charge < -0.3 is 15.5 Å². The summed E-state index contributed by atoms with van der Waals surface area (Å²) in [5, 5.41) is 6.82. The summed E-state index contributed by atoms with van der Waals surface area (Å²) in [5.74, 6) is 2.38. The highest BCUT2D eigenvalue weighted by molar-refractivity contribution is 5.94. The van der Waals surface area contributed by atoms with E-state index in [0.717, 1.165) is 68.1 Å². The normalized spacial score (nSPS) is 20.4. The molecule has 1 aliphatic heterocycles. The zero-order chi connectivity index (χ0) is 23.0. The lowest BCUT2D eigenvalue weighted by molar-refractivity contribution is 0.0512. The first-order valence-corrected chi connectivity index (χ1v) is 11.7. The van der Waals surface area contributed by atoms with Crippen molar-refractivity contribution in [3.63, 3.8) is 0 Å². The van der Waals surface area contributed by atoms with Gasteiger partial charge in [-0.1, -0.05) is 26.0 Å². The number of carbonyl (C=O) groups excluding carboxylic acids is 1. The Labute approximate surface area is 189 Å². The lowest BCUT2D eigenvalue weighted by Gasteiger charge is -2.44. The Morgan fingerprint density at radius 3 is 2.48 bits per heavy atom. The summed E-state index contributed by atoms with van der Waals surface area (Å²) in [6.45, 7) is 16.1. The van der Waals surface area contributed by atoms with E-state index in [0.29, 0.717) is 0 Å². The minimum atomic E-state index is 0.0339. The van der Waals surface area contributed by atoms with Crippen LogP contribution < -0.4 is 10.6 Å². The van der Waals surface area contributed by atoms with E-state index >= 15 is 0 Å². The van der Waals surface area contributed by atoms with Crippen molar-refractivity contribution in [1.82, 2.24) is 20.4 Å². The van der Waals surface area contributed by atoms with Gasteiger partial charge in [-0.15, -0.1) is 0 Å². The SMILES string of the molecule is CCNC(=NCC(C)(C)N1CC(C)CC(C)C1)NCCc1cccc(C(=O)N(C)C)c1. The maximum Gasteiger partial charge on any atom is 0.253 e. The van der Waals surface area contributed by atoms with Crippen LogP contribution in [0, 0.1) is 11.8 Å². The molecule has 1 amide bonds. The molecule has 1 aromatic rings. The Morgan fingerprint density at radius 2 is 1.87 bits per heavy atom. The molecule has 174 valence electrons. The van der Waals surface area contributed by atoms with Crippen molar-refractivity contribution in [2.24, 2.45) is 16.8 Å². The number of guanidine groups is 1. The van der Waals surface area contributed by atoms with Gasteiger partial charge in [0.2, 0.25) is 0 Å². The summed E-state index contributed by atoms with van der Waals surface area (Å²) >= 11 is 0. The summed E-state index contributed by atoms with van der Waals surface area (Å²) in [5.41, 5.74) is 1.91. The summed E-state index contributed by atoms with van der Waals surface area (Å²) in [6.07, 6.45) is 2.16. The smallest absolute Gasteiger partial charge is 0.253 e. The zero-order valence-corrected chi connectivity index (χ0v) is 20.7. The second-order valence-corrected chi connectivity index (χ2v) is 9.94. The zero-order valence-electron chi connectivity index (χ0n) is 20.7. The van der Waals surface area contributed by atoms with Crippen LogP contribution >= 0.6 is 0 Å². The standard InChI is InChI=1S/C25H43N5O/c1-8-26-24(28-18-25(4,5)30-16-19(2)14-20(3)17-30)27-13-12-21-10-9-11-22(15-21)23(31)29(6)7/h9-11,15,19-20H,8,12-14,16-18H2,1-7H3,(H2,26,27,28). The van der Waals surface area contributed by atoms with E-state index in [9.17, 15) is 4.79 Å². The van der Waals surface area contributed by atoms with Crippen LogP contribution in [-0.4, -0.2) is 74.0 Å². The fourth-order valence-corrected chi connectivity index (χ4v) is 4.31. The topological polar surface area (TPSA) is 60.0 Å². The van der Waals surface area contributed by atoms with Gasteiger partial charge in [0.25, 0.3) is 5.91 Å². The van der Waals surface area contributed by atoms with E-state index in [4.69, 9.17) is 4.99 Å². The van der Waals surface area contributed by atoms with Crippen LogP contribution in [0.2, 0.25) is 0 Å². The molecule has 1 aromatic carbocycles. The first-order valence-electron chi connectivity index (χ1n) is 11.7. The van der Waals surface area contributed by atoms with E-state index in [-0.39, 0.29) is 11.4 Å². The fraction of sp³-hybridized carbons (Fsp3) is 0.680. The molecule has 0 bridgehead atoms. The number of nitrogens with one attached hydrogen (secondary N) is 2. The lowest BCUT2D eigenvalue weighted by atomic mass is 9.88. The first-order chi connectivity index (χ1) is 14.6. The van der Waals surface area contributed by atoms with Gasteiger partial charge >= 0.3 is 0 Å². The summed E-state index contributed by atoms with van der Waals surface area (Å²) in [7, 11) is 3.56. The molecule has 6 heteroatoms. The van der Waals surface area contributed by atoms with Gasteiger partial charge in [-0.3, -0.25) is 14.7 Å². The Balaban J connectivity index is 1.94. The quantitative estimate of drug-likeness (QED) is 0.492. The molecule has 1 heterocycles. The number of hydrogen-bond acceptors (Lipinski definition) is 3. The van der Waals surface area contributed by atoms with E-state index in [1.165, 1.54) is 6.42 Å². The van der Waals surface area contributed by atoms with Gasteiger partial charge in [-0.05, 0) is 63.1 Å². The minimum Gasteiger partial charge on any atom is -0.357 e. The van der Waals surface area contributed by atoms with E-state index in [1.807, 2.05) is 18.2 Å². The first kappa shape index (κ1) is 25.2. The van der Waals surface area contributed by atoms with Crippen molar-refractivity contribution in [1.29, 1.82) is 0 Å². The van der Waals surface area contributed by atoms with Crippen LogP contribution in [0.1, 0.15) is 57.0 Å². The molecule has 1 saturated heterocycles. The van der Waals surface area contributed by atoms with Crippen molar-refractivity contribution in [2.75, 3.05) is 46.8 Å². The van der Waals surface area contributed by atoms with Crippen molar-refractivity contribution in [3.05, 3.63) is 35.4 Å². The van der Waals surface area contributed by atoms with Crippen molar-refractivity contribution in [2.45, 2.75) is 53.0 Å². The number of aliphatic imine (C=N–C) groups is 1. The van der Waals surface area contributed by atoms with Crippen LogP contribution in [0.15, 0.2) is 29.3 Å². The van der Waals surface area contributed by atoms with Gasteiger partial charge in [0.05, 0.1) is 6.54 Å². The average Bonchev–Trinajstić information content (AvgIpc) is 2.71. The number of carbonyl (C=O) groups is 1. The molecule has 31 heavy (non-hydrogen) atoms. The molecule has 0 spiro atoms. The van der Waals surface area contributed by atoms with E-state index in [1.54, 1.807) is 19.0 Å². The third-order valence-corrected chi connectivity index (χ3v) is 5.98. The molecule has 2 N–H and O–H groups in total. The molecule has 2 rings (SSSR count). The predicted octanol–water partition coefficient (Wildman–Crippen LogP) is 3.24. The summed E-state index contributed by atoms with van der Waals surface area (Å²) < 4.78 is 0. The third-order valence-electron chi connectivity index (χ3n) is 5.98. The number of amides is 1. The maximum absolute atomic E-state index is 12.2. The van der Waals surface area contributed by atoms with Crippen molar-refractivity contribution in [3.8, 4) is 0 Å². The molecule has 0 aliphatic carbocycles. The highest BCUT2D eigenvalue weighted by Gasteiger charge is 2.32. The van der Waals surface area contributed by atoms with E-state index < -0.39 is 0 Å². The Morgan fingerprint density at radius 1 is 1.19 bits per heavy atom. The molecule has 1 aliphatic rings. The molecular formula is C25H43N5O. The molecular weight excluding hydrogens is 386 g/mol.